The molecular weight excluding hydrogens is 325 g/mol. The molecule has 1 aliphatic heterocycles. The minimum absolute atomic E-state index is 0.00859. The smallest absolute Gasteiger partial charge is 0.316 e. The highest BCUT2D eigenvalue weighted by Gasteiger charge is 2.28. The van der Waals surface area contributed by atoms with Crippen LogP contribution in [0.1, 0.15) is 6.42 Å². The minimum atomic E-state index is -0.511. The van der Waals surface area contributed by atoms with Gasteiger partial charge in [-0.3, -0.25) is 4.79 Å². The zero-order valence-electron chi connectivity index (χ0n) is 13.4. The Balaban J connectivity index is 1.38. The average molecular weight is 341 g/mol. The van der Waals surface area contributed by atoms with Crippen LogP contribution in [0.4, 0.5) is 4.39 Å². The number of hydrogen-bond acceptors (Lipinski definition) is 5. The van der Waals surface area contributed by atoms with Crippen LogP contribution in [-0.2, 0) is 11.3 Å². The van der Waals surface area contributed by atoms with Crippen molar-refractivity contribution in [1.82, 2.24) is 24.4 Å². The topological polar surface area (TPSA) is 73.1 Å². The van der Waals surface area contributed by atoms with Gasteiger partial charge in [0.05, 0.1) is 36.3 Å². The van der Waals surface area contributed by atoms with Crippen molar-refractivity contribution in [2.75, 3.05) is 13.1 Å². The van der Waals surface area contributed by atoms with E-state index in [1.165, 1.54) is 0 Å². The molecule has 3 aromatic rings. The number of aromatic nitrogens is 4. The van der Waals surface area contributed by atoms with Crippen molar-refractivity contribution < 1.29 is 13.9 Å². The maximum Gasteiger partial charge on any atom is 0.316 e. The Morgan fingerprint density at radius 1 is 1.24 bits per heavy atom. The molecule has 1 aromatic carbocycles. The van der Waals surface area contributed by atoms with Gasteiger partial charge in [-0.2, -0.15) is 0 Å². The molecule has 25 heavy (non-hydrogen) atoms. The second-order valence-corrected chi connectivity index (χ2v) is 5.91. The van der Waals surface area contributed by atoms with E-state index in [2.05, 4.69) is 15.0 Å². The molecule has 7 nitrogen and oxygen atoms in total. The van der Waals surface area contributed by atoms with Gasteiger partial charge in [-0.05, 0) is 12.1 Å². The maximum absolute atomic E-state index is 12.8. The lowest BCUT2D eigenvalue weighted by molar-refractivity contribution is -0.131. The third kappa shape index (κ3) is 3.28. The van der Waals surface area contributed by atoms with E-state index in [1.54, 1.807) is 11.2 Å². The van der Waals surface area contributed by atoms with E-state index in [0.717, 1.165) is 23.4 Å². The number of nitrogens with zero attached hydrogens (tertiary/aromatic N) is 5. The number of fused-ring (bicyclic) bond motifs is 1. The summed E-state index contributed by atoms with van der Waals surface area (Å²) in [6.07, 6.45) is 4.30. The maximum atomic E-state index is 12.8. The van der Waals surface area contributed by atoms with Gasteiger partial charge in [-0.15, -0.1) is 0 Å². The van der Waals surface area contributed by atoms with Crippen LogP contribution in [0.3, 0.4) is 0 Å². The number of rotatable bonds is 4. The third-order valence-electron chi connectivity index (χ3n) is 4.20. The highest BCUT2D eigenvalue weighted by molar-refractivity contribution is 5.80. The number of carbonyl (C=O) groups is 1. The van der Waals surface area contributed by atoms with Gasteiger partial charge in [0.2, 0.25) is 5.91 Å². The molecule has 2 aromatic heterocycles. The van der Waals surface area contributed by atoms with Crippen LogP contribution in [-0.4, -0.2) is 49.5 Å². The summed E-state index contributed by atoms with van der Waals surface area (Å²) in [5, 5.41) is 0. The Bertz CT molecular complexity index is 895. The molecule has 0 aliphatic carbocycles. The standard InChI is InChI=1S/C17H16FN5O2/c18-12-7-19-17(20-8-12)25-13-5-6-22(9-13)16(24)10-23-11-21-14-3-1-2-4-15(14)23/h1-4,7-8,11,13H,5-6,9-10H2/t13-/m1/s1. The van der Waals surface area contributed by atoms with Crippen LogP contribution < -0.4 is 4.74 Å². The Labute approximate surface area is 143 Å². The third-order valence-corrected chi connectivity index (χ3v) is 4.20. The molecule has 4 rings (SSSR count). The van der Waals surface area contributed by atoms with Crippen molar-refractivity contribution in [3.63, 3.8) is 0 Å². The number of likely N-dealkylation sites (tertiary alicyclic amines) is 1. The van der Waals surface area contributed by atoms with Gasteiger partial charge in [0.25, 0.3) is 0 Å². The fourth-order valence-electron chi connectivity index (χ4n) is 2.94. The first-order valence-corrected chi connectivity index (χ1v) is 8.01. The van der Waals surface area contributed by atoms with Crippen molar-refractivity contribution in [1.29, 1.82) is 0 Å². The highest BCUT2D eigenvalue weighted by atomic mass is 19.1. The fraction of sp³-hybridized carbons (Fsp3) is 0.294. The van der Waals surface area contributed by atoms with Gasteiger partial charge in [-0.25, -0.2) is 19.3 Å². The van der Waals surface area contributed by atoms with Crippen LogP contribution in [0.15, 0.2) is 43.0 Å². The molecule has 128 valence electrons. The Hall–Kier alpha value is -3.03. The van der Waals surface area contributed by atoms with E-state index in [-0.39, 0.29) is 24.6 Å². The first kappa shape index (κ1) is 15.5. The summed E-state index contributed by atoms with van der Waals surface area (Å²) in [6.45, 7) is 1.31. The average Bonchev–Trinajstić information content (AvgIpc) is 3.25. The Kier molecular flexibility index (Phi) is 4.01. The second-order valence-electron chi connectivity index (χ2n) is 5.91. The molecule has 1 aliphatic rings. The van der Waals surface area contributed by atoms with Crippen LogP contribution in [0.25, 0.3) is 11.0 Å². The van der Waals surface area contributed by atoms with Crippen molar-refractivity contribution >= 4 is 16.9 Å². The lowest BCUT2D eigenvalue weighted by atomic mass is 10.3. The summed E-state index contributed by atoms with van der Waals surface area (Å²) in [5.41, 5.74) is 1.80. The molecular formula is C17H16FN5O2. The molecule has 8 heteroatoms. The summed E-state index contributed by atoms with van der Waals surface area (Å²) in [4.78, 5) is 26.2. The van der Waals surface area contributed by atoms with Crippen molar-refractivity contribution in [2.45, 2.75) is 19.1 Å². The molecule has 1 amide bonds. The minimum Gasteiger partial charge on any atom is -0.458 e. The molecule has 1 atom stereocenters. The van der Waals surface area contributed by atoms with E-state index >= 15 is 0 Å². The molecule has 1 saturated heterocycles. The highest BCUT2D eigenvalue weighted by Crippen LogP contribution is 2.17. The first-order chi connectivity index (χ1) is 12.2. The SMILES string of the molecule is O=C(Cn1cnc2ccccc21)N1CC[C@@H](Oc2ncc(F)cn2)C1. The number of para-hydroxylation sites is 2. The molecule has 0 spiro atoms. The van der Waals surface area contributed by atoms with Crippen molar-refractivity contribution in [3.05, 3.63) is 48.8 Å². The zero-order valence-corrected chi connectivity index (χ0v) is 13.4. The van der Waals surface area contributed by atoms with E-state index in [1.807, 2.05) is 28.8 Å². The molecule has 0 bridgehead atoms. The quantitative estimate of drug-likeness (QED) is 0.721. The predicted octanol–water partition coefficient (Wildman–Crippen LogP) is 1.65. The molecule has 0 radical (unpaired) electrons. The van der Waals surface area contributed by atoms with Crippen LogP contribution in [0, 0.1) is 5.82 Å². The second kappa shape index (κ2) is 6.46. The summed E-state index contributed by atoms with van der Waals surface area (Å²) in [6, 6.07) is 7.83. The number of imidazole rings is 1. The normalized spacial score (nSPS) is 17.2. The van der Waals surface area contributed by atoms with E-state index in [9.17, 15) is 9.18 Å². The fourth-order valence-corrected chi connectivity index (χ4v) is 2.94. The molecule has 0 saturated carbocycles. The number of ether oxygens (including phenoxy) is 1. The molecule has 0 N–H and O–H groups in total. The van der Waals surface area contributed by atoms with Gasteiger partial charge in [0, 0.05) is 13.0 Å². The zero-order chi connectivity index (χ0) is 17.2. The summed E-state index contributed by atoms with van der Waals surface area (Å²) < 4.78 is 20.3. The predicted molar refractivity (Wildman–Crippen MR) is 87.3 cm³/mol. The lowest BCUT2D eigenvalue weighted by Gasteiger charge is -2.17. The molecule has 1 fully saturated rings. The Morgan fingerprint density at radius 2 is 2.04 bits per heavy atom. The number of amides is 1. The van der Waals surface area contributed by atoms with Gasteiger partial charge in [-0.1, -0.05) is 12.1 Å². The van der Waals surface area contributed by atoms with Gasteiger partial charge < -0.3 is 14.2 Å². The largest absolute Gasteiger partial charge is 0.458 e. The van der Waals surface area contributed by atoms with Crippen LogP contribution in [0.2, 0.25) is 0 Å². The summed E-state index contributed by atoms with van der Waals surface area (Å²) in [5.74, 6) is -0.502. The van der Waals surface area contributed by atoms with E-state index < -0.39 is 5.82 Å². The monoisotopic (exact) mass is 341 g/mol. The van der Waals surface area contributed by atoms with Crippen LogP contribution >= 0.6 is 0 Å². The molecule has 3 heterocycles. The number of halogens is 1. The first-order valence-electron chi connectivity index (χ1n) is 8.01. The number of hydrogen-bond donors (Lipinski definition) is 0. The Morgan fingerprint density at radius 3 is 2.88 bits per heavy atom. The van der Waals surface area contributed by atoms with Crippen LogP contribution in [0.5, 0.6) is 6.01 Å². The van der Waals surface area contributed by atoms with Gasteiger partial charge >= 0.3 is 6.01 Å². The van der Waals surface area contributed by atoms with Gasteiger partial charge in [0.15, 0.2) is 5.82 Å². The number of benzene rings is 1. The van der Waals surface area contributed by atoms with E-state index in [4.69, 9.17) is 4.74 Å². The summed E-state index contributed by atoms with van der Waals surface area (Å²) in [7, 11) is 0. The molecule has 0 unspecified atom stereocenters. The van der Waals surface area contributed by atoms with Crippen molar-refractivity contribution in [3.8, 4) is 6.01 Å². The lowest BCUT2D eigenvalue weighted by Crippen LogP contribution is -2.33. The van der Waals surface area contributed by atoms with E-state index in [0.29, 0.717) is 19.5 Å². The van der Waals surface area contributed by atoms with Crippen molar-refractivity contribution in [2.24, 2.45) is 0 Å². The number of carbonyl (C=O) groups excluding carboxylic acids is 1. The summed E-state index contributed by atoms with van der Waals surface area (Å²) >= 11 is 0. The van der Waals surface area contributed by atoms with Gasteiger partial charge in [0.1, 0.15) is 12.6 Å².